The number of nitrogens with one attached hydrogen (secondary N) is 3. The van der Waals surface area contributed by atoms with Gasteiger partial charge in [-0.2, -0.15) is 0 Å². The maximum Gasteiger partial charge on any atom is 0.328 e. The molecule has 2 atom stereocenters. The van der Waals surface area contributed by atoms with Gasteiger partial charge in [0, 0.05) is 0 Å². The van der Waals surface area contributed by atoms with Crippen LogP contribution in [0.2, 0.25) is 0 Å². The minimum absolute atomic E-state index is 0.314. The number of amides is 3. The van der Waals surface area contributed by atoms with Gasteiger partial charge in [0.2, 0.25) is 17.7 Å². The molecule has 10 heteroatoms. The summed E-state index contributed by atoms with van der Waals surface area (Å²) in [6.45, 7) is -1.64. The molecule has 0 aromatic heterocycles. The van der Waals surface area contributed by atoms with Gasteiger partial charge in [-0.1, -0.05) is 30.3 Å². The smallest absolute Gasteiger partial charge is 0.328 e. The van der Waals surface area contributed by atoms with Crippen molar-refractivity contribution < 1.29 is 29.4 Å². The number of rotatable bonds is 10. The molecule has 2 unspecified atom stereocenters. The predicted molar refractivity (Wildman–Crippen MR) is 90.8 cm³/mol. The summed E-state index contributed by atoms with van der Waals surface area (Å²) in [5, 5.41) is 24.1. The summed E-state index contributed by atoms with van der Waals surface area (Å²) in [6, 6.07) is 6.87. The van der Waals surface area contributed by atoms with Crippen molar-refractivity contribution in [3.8, 4) is 0 Å². The summed E-state index contributed by atoms with van der Waals surface area (Å²) in [5.41, 5.74) is 6.65. The third kappa shape index (κ3) is 7.73. The standard InChI is InChI=1S/C16H22N4O6/c17-11(6-10-4-2-1-3-5-10)15(24)19-7-13(22)18-8-14(23)20-12(9-21)16(25)26/h1-5,11-12,21H,6-9,17H2,(H,18,22)(H,19,24)(H,20,23)(H,25,26). The Morgan fingerprint density at radius 3 is 2.19 bits per heavy atom. The molecule has 0 fully saturated rings. The molecule has 0 aliphatic carbocycles. The normalized spacial score (nSPS) is 12.5. The lowest BCUT2D eigenvalue weighted by molar-refractivity contribution is -0.142. The van der Waals surface area contributed by atoms with Crippen LogP contribution >= 0.6 is 0 Å². The summed E-state index contributed by atoms with van der Waals surface area (Å²) in [5.74, 6) is -3.34. The Bertz CT molecular complexity index is 637. The average Bonchev–Trinajstić information content (AvgIpc) is 2.62. The van der Waals surface area contributed by atoms with Gasteiger partial charge < -0.3 is 31.9 Å². The van der Waals surface area contributed by atoms with E-state index >= 15 is 0 Å². The third-order valence-corrected chi connectivity index (χ3v) is 3.32. The van der Waals surface area contributed by atoms with Gasteiger partial charge in [-0.05, 0) is 12.0 Å². The molecule has 7 N–H and O–H groups in total. The van der Waals surface area contributed by atoms with Gasteiger partial charge in [0.05, 0.1) is 25.7 Å². The van der Waals surface area contributed by atoms with E-state index in [-0.39, 0.29) is 6.54 Å². The molecule has 26 heavy (non-hydrogen) atoms. The van der Waals surface area contributed by atoms with E-state index in [2.05, 4.69) is 10.6 Å². The van der Waals surface area contributed by atoms with Crippen LogP contribution in [0.15, 0.2) is 30.3 Å². The number of nitrogens with two attached hydrogens (primary N) is 1. The molecule has 0 radical (unpaired) electrons. The first kappa shape index (κ1) is 21.1. The zero-order valence-electron chi connectivity index (χ0n) is 14.0. The van der Waals surface area contributed by atoms with Gasteiger partial charge in [0.15, 0.2) is 0 Å². The number of carboxylic acids is 1. The molecular formula is C16H22N4O6. The molecule has 3 amide bonds. The molecule has 0 aliphatic heterocycles. The van der Waals surface area contributed by atoms with Crippen LogP contribution in [0.25, 0.3) is 0 Å². The number of carbonyl (C=O) groups is 4. The van der Waals surface area contributed by atoms with Crippen LogP contribution in [-0.2, 0) is 25.6 Å². The number of aliphatic hydroxyl groups is 1. The van der Waals surface area contributed by atoms with Crippen LogP contribution in [-0.4, -0.2) is 65.7 Å². The lowest BCUT2D eigenvalue weighted by Crippen LogP contribution is -2.49. The number of carboxylic acid groups (broad SMARTS) is 1. The highest BCUT2D eigenvalue weighted by molar-refractivity contribution is 5.90. The topological polar surface area (TPSA) is 171 Å². The maximum atomic E-state index is 11.9. The molecule has 1 aromatic carbocycles. The van der Waals surface area contributed by atoms with E-state index in [1.165, 1.54) is 0 Å². The van der Waals surface area contributed by atoms with Crippen LogP contribution in [0.3, 0.4) is 0 Å². The third-order valence-electron chi connectivity index (χ3n) is 3.32. The van der Waals surface area contributed by atoms with Crippen LogP contribution in [0.1, 0.15) is 5.56 Å². The minimum Gasteiger partial charge on any atom is -0.480 e. The van der Waals surface area contributed by atoms with Gasteiger partial charge in [-0.3, -0.25) is 14.4 Å². The zero-order chi connectivity index (χ0) is 19.5. The Hall–Kier alpha value is -2.98. The molecule has 0 saturated carbocycles. The monoisotopic (exact) mass is 366 g/mol. The van der Waals surface area contributed by atoms with E-state index in [9.17, 15) is 19.2 Å². The Kier molecular flexibility index (Phi) is 8.75. The van der Waals surface area contributed by atoms with Crippen LogP contribution in [0, 0.1) is 0 Å². The lowest BCUT2D eigenvalue weighted by Gasteiger charge is -2.13. The molecule has 0 aliphatic rings. The Morgan fingerprint density at radius 1 is 1.00 bits per heavy atom. The second kappa shape index (κ2) is 10.8. The first-order valence-corrected chi connectivity index (χ1v) is 7.80. The first-order chi connectivity index (χ1) is 12.3. The van der Waals surface area contributed by atoms with Crippen molar-refractivity contribution in [3.63, 3.8) is 0 Å². The fourth-order valence-corrected chi connectivity index (χ4v) is 1.93. The summed E-state index contributed by atoms with van der Waals surface area (Å²) in [4.78, 5) is 45.6. The minimum atomic E-state index is -1.45. The highest BCUT2D eigenvalue weighted by Gasteiger charge is 2.19. The highest BCUT2D eigenvalue weighted by atomic mass is 16.4. The van der Waals surface area contributed by atoms with Crippen molar-refractivity contribution in [1.82, 2.24) is 16.0 Å². The number of carbonyl (C=O) groups excluding carboxylic acids is 3. The van der Waals surface area contributed by atoms with E-state index in [0.717, 1.165) is 5.56 Å². The summed E-state index contributed by atoms with van der Waals surface area (Å²) >= 11 is 0. The molecule has 142 valence electrons. The number of aliphatic hydroxyl groups excluding tert-OH is 1. The van der Waals surface area contributed by atoms with E-state index in [1.54, 1.807) is 0 Å². The van der Waals surface area contributed by atoms with E-state index in [4.69, 9.17) is 15.9 Å². The molecule has 10 nitrogen and oxygen atoms in total. The number of aliphatic carboxylic acids is 1. The van der Waals surface area contributed by atoms with Crippen molar-refractivity contribution >= 4 is 23.7 Å². The van der Waals surface area contributed by atoms with E-state index < -0.39 is 48.9 Å². The van der Waals surface area contributed by atoms with Crippen molar-refractivity contribution in [3.05, 3.63) is 35.9 Å². The van der Waals surface area contributed by atoms with Crippen molar-refractivity contribution in [2.24, 2.45) is 5.73 Å². The quantitative estimate of drug-likeness (QED) is 0.262. The van der Waals surface area contributed by atoms with Gasteiger partial charge in [0.25, 0.3) is 0 Å². The number of hydrogen-bond donors (Lipinski definition) is 6. The van der Waals surface area contributed by atoms with Crippen LogP contribution < -0.4 is 21.7 Å². The summed E-state index contributed by atoms with van der Waals surface area (Å²) in [6.07, 6.45) is 0.314. The zero-order valence-corrected chi connectivity index (χ0v) is 14.0. The Labute approximate surface area is 149 Å². The largest absolute Gasteiger partial charge is 0.480 e. The Morgan fingerprint density at radius 2 is 1.62 bits per heavy atom. The summed E-state index contributed by atoms with van der Waals surface area (Å²) in [7, 11) is 0. The molecule has 1 aromatic rings. The molecule has 0 saturated heterocycles. The number of benzene rings is 1. The van der Waals surface area contributed by atoms with E-state index in [1.807, 2.05) is 35.6 Å². The molecule has 1 rings (SSSR count). The lowest BCUT2D eigenvalue weighted by atomic mass is 10.1. The maximum absolute atomic E-state index is 11.9. The van der Waals surface area contributed by atoms with Gasteiger partial charge >= 0.3 is 5.97 Å². The molecular weight excluding hydrogens is 344 g/mol. The van der Waals surface area contributed by atoms with E-state index in [0.29, 0.717) is 6.42 Å². The van der Waals surface area contributed by atoms with Crippen molar-refractivity contribution in [1.29, 1.82) is 0 Å². The second-order valence-electron chi connectivity index (χ2n) is 5.43. The average molecular weight is 366 g/mol. The fraction of sp³-hybridized carbons (Fsp3) is 0.375. The van der Waals surface area contributed by atoms with Gasteiger partial charge in [-0.25, -0.2) is 4.79 Å². The Balaban J connectivity index is 2.29. The first-order valence-electron chi connectivity index (χ1n) is 7.80. The molecule has 0 spiro atoms. The summed E-state index contributed by atoms with van der Waals surface area (Å²) < 4.78 is 0. The predicted octanol–water partition coefficient (Wildman–Crippen LogP) is -2.65. The molecule has 0 heterocycles. The van der Waals surface area contributed by atoms with Crippen molar-refractivity contribution in [2.45, 2.75) is 18.5 Å². The van der Waals surface area contributed by atoms with Crippen LogP contribution in [0.5, 0.6) is 0 Å². The molecule has 0 bridgehead atoms. The van der Waals surface area contributed by atoms with Crippen LogP contribution in [0.4, 0.5) is 0 Å². The highest BCUT2D eigenvalue weighted by Crippen LogP contribution is 2.01. The fourth-order valence-electron chi connectivity index (χ4n) is 1.93. The SMILES string of the molecule is NC(Cc1ccccc1)C(=O)NCC(=O)NCC(=O)NC(CO)C(=O)O. The van der Waals surface area contributed by atoms with Crippen molar-refractivity contribution in [2.75, 3.05) is 19.7 Å². The second-order valence-corrected chi connectivity index (χ2v) is 5.43. The number of hydrogen-bond acceptors (Lipinski definition) is 6. The van der Waals surface area contributed by atoms with Gasteiger partial charge in [-0.15, -0.1) is 0 Å². The van der Waals surface area contributed by atoms with Gasteiger partial charge in [0.1, 0.15) is 6.04 Å².